The number of fused-ring (bicyclic) bond motifs is 8. The van der Waals surface area contributed by atoms with Crippen molar-refractivity contribution < 1.29 is 19.8 Å². The van der Waals surface area contributed by atoms with Gasteiger partial charge in [-0.25, -0.2) is 19.6 Å². The predicted molar refractivity (Wildman–Crippen MR) is 330 cm³/mol. The molecular weight excluding hydrogens is 1100 g/mol. The lowest BCUT2D eigenvalue weighted by molar-refractivity contribution is 0.0686. The van der Waals surface area contributed by atoms with Crippen molar-refractivity contribution in [2.24, 2.45) is 0 Å². The molecule has 16 heteroatoms. The molecule has 6 aromatic heterocycles. The fraction of sp³-hybridized carbons (Fsp3) is 0.152. The lowest BCUT2D eigenvalue weighted by Gasteiger charge is -2.27. The highest BCUT2D eigenvalue weighted by Gasteiger charge is 2.43. The van der Waals surface area contributed by atoms with Gasteiger partial charge in [-0.1, -0.05) is 97.8 Å². The number of aromatic carboxylic acids is 2. The molecule has 2 aliphatic heterocycles. The van der Waals surface area contributed by atoms with Crippen molar-refractivity contribution in [3.8, 4) is 75.7 Å². The van der Waals surface area contributed by atoms with Gasteiger partial charge in [-0.3, -0.25) is 0 Å². The van der Waals surface area contributed by atoms with E-state index in [1.807, 2.05) is 24.3 Å². The first-order chi connectivity index (χ1) is 40.3. The van der Waals surface area contributed by atoms with Crippen LogP contribution in [0.25, 0.3) is 97.7 Å². The number of pyridine rings is 2. The number of anilines is 4. The second-order valence-corrected chi connectivity index (χ2v) is 24.8. The zero-order chi connectivity index (χ0) is 54.7. The number of carboxylic acids is 2. The second kappa shape index (κ2) is 19.4. The van der Waals surface area contributed by atoms with Crippen molar-refractivity contribution in [3.63, 3.8) is 0 Å². The largest absolute Gasteiger partial charge is 0.478 e. The maximum atomic E-state index is 12.8. The Morgan fingerprint density at radius 1 is 0.415 bits per heavy atom. The van der Waals surface area contributed by atoms with E-state index < -0.39 is 11.9 Å². The molecule has 8 heterocycles. The smallest absolute Gasteiger partial charge is 0.335 e. The maximum absolute atomic E-state index is 12.8. The number of nitrogens with zero attached hydrogens (tertiary/aromatic N) is 8. The topological polar surface area (TPSA) is 158 Å². The molecule has 4 unspecified atom stereocenters. The Morgan fingerprint density at radius 3 is 1.23 bits per heavy atom. The van der Waals surface area contributed by atoms with Crippen molar-refractivity contribution in [1.29, 1.82) is 0 Å². The summed E-state index contributed by atoms with van der Waals surface area (Å²) in [7, 11) is 0. The highest BCUT2D eigenvalue weighted by atomic mass is 32.1. The fourth-order valence-corrected chi connectivity index (χ4v) is 16.7. The Hall–Kier alpha value is -8.80. The number of carbonyl (C=O) groups is 2. The van der Waals surface area contributed by atoms with Crippen molar-refractivity contribution in [3.05, 3.63) is 192 Å². The fourth-order valence-electron chi connectivity index (χ4n) is 13.5. The average Bonchev–Trinajstić information content (AvgIpc) is 4.13. The van der Waals surface area contributed by atoms with Crippen LogP contribution in [0.2, 0.25) is 0 Å². The SMILES string of the molecule is O=C(O)c1cc(-c2cc(C(=O)O)cc(-c3ccc(-c4ccc(-c5ccc6c(c5)N(c5ccccc5)C5CCCC65)c5nsnc45)s3)n2)nc(-c2ccc(-c3ccc(-c4ccc5c(c4)N(c4ccccc4)C4CCCC54)c4nsnc34)s2)c1. The first-order valence-corrected chi connectivity index (χ1v) is 30.6. The first-order valence-electron chi connectivity index (χ1n) is 27.5. The van der Waals surface area contributed by atoms with Gasteiger partial charge in [0.1, 0.15) is 22.1 Å². The Bertz CT molecular complexity index is 4280. The van der Waals surface area contributed by atoms with Crippen molar-refractivity contribution in [2.75, 3.05) is 9.80 Å². The highest BCUT2D eigenvalue weighted by molar-refractivity contribution is 7.19. The Labute approximate surface area is 487 Å². The van der Waals surface area contributed by atoms with Crippen LogP contribution in [-0.4, -0.2) is 61.7 Å². The summed E-state index contributed by atoms with van der Waals surface area (Å²) in [6.45, 7) is 0. The van der Waals surface area contributed by atoms with Gasteiger partial charge >= 0.3 is 11.9 Å². The summed E-state index contributed by atoms with van der Waals surface area (Å²) in [6.07, 6.45) is 7.20. The van der Waals surface area contributed by atoms with E-state index in [4.69, 9.17) is 27.5 Å². The summed E-state index contributed by atoms with van der Waals surface area (Å²) in [6, 6.07) is 58.4. The molecule has 4 aliphatic rings. The summed E-state index contributed by atoms with van der Waals surface area (Å²) >= 11 is 5.32. The van der Waals surface area contributed by atoms with E-state index in [1.165, 1.54) is 131 Å². The molecule has 12 nitrogen and oxygen atoms in total. The van der Waals surface area contributed by atoms with E-state index >= 15 is 0 Å². The molecule has 12 aromatic rings. The molecule has 0 radical (unpaired) electrons. The Balaban J connectivity index is 0.708. The van der Waals surface area contributed by atoms with Crippen LogP contribution in [-0.2, 0) is 0 Å². The van der Waals surface area contributed by atoms with Gasteiger partial charge in [-0.05, 0) is 133 Å². The van der Waals surface area contributed by atoms with Gasteiger partial charge in [-0.2, -0.15) is 17.5 Å². The number of benzene rings is 6. The van der Waals surface area contributed by atoms with E-state index in [0.717, 1.165) is 75.0 Å². The zero-order valence-corrected chi connectivity index (χ0v) is 46.9. The standard InChI is InChI=1S/C66H46N8O4S4/c75-65(76)37-29-49(67-51(31-37)59-27-25-57(79-59)47-23-21-41(61-63(47)71-81-69-61)35-17-19-45-43-13-7-15-53(43)73(55(45)33-35)39-9-3-1-4-10-39)50-30-38(66(77)78)32-52(68-50)60-28-26-58(80-60)48-24-22-42(62-64(48)72-82-70-62)36-18-20-46-44-14-8-16-54(44)74(56(46)34-36)40-11-5-2-6-12-40/h1-6,9-12,17-34,43-44,53-54H,7-8,13-16H2,(H,75,76)(H,77,78). The molecule has 0 amide bonds. The van der Waals surface area contributed by atoms with E-state index in [2.05, 4.69) is 131 Å². The van der Waals surface area contributed by atoms with E-state index in [1.54, 1.807) is 12.1 Å². The number of hydrogen-bond acceptors (Lipinski definition) is 14. The third-order valence-electron chi connectivity index (χ3n) is 17.2. The van der Waals surface area contributed by atoms with Crippen molar-refractivity contribution in [2.45, 2.75) is 62.4 Å². The first kappa shape index (κ1) is 49.1. The van der Waals surface area contributed by atoms with E-state index in [0.29, 0.717) is 35.3 Å². The molecule has 0 spiro atoms. The molecule has 4 atom stereocenters. The van der Waals surface area contributed by atoms with Gasteiger partial charge in [0.2, 0.25) is 0 Å². The minimum Gasteiger partial charge on any atom is -0.478 e. The van der Waals surface area contributed by atoms with Crippen LogP contribution in [0.5, 0.6) is 0 Å². The molecule has 82 heavy (non-hydrogen) atoms. The molecule has 398 valence electrons. The lowest BCUT2D eigenvalue weighted by atomic mass is 9.94. The average molecular weight is 1140 g/mol. The van der Waals surface area contributed by atoms with Gasteiger partial charge in [0.05, 0.1) is 67.1 Å². The van der Waals surface area contributed by atoms with Crippen LogP contribution in [0.1, 0.15) is 82.2 Å². The minimum absolute atomic E-state index is 0.00279. The van der Waals surface area contributed by atoms with Crippen molar-refractivity contribution in [1.82, 2.24) is 27.5 Å². The molecule has 2 aliphatic carbocycles. The number of carboxylic acid groups (broad SMARTS) is 2. The highest BCUT2D eigenvalue weighted by Crippen LogP contribution is 2.55. The molecule has 2 N–H and O–H groups in total. The monoisotopic (exact) mass is 1140 g/mol. The predicted octanol–water partition coefficient (Wildman–Crippen LogP) is 17.2. The quantitative estimate of drug-likeness (QED) is 0.126. The normalized spacial score (nSPS) is 17.9. The number of rotatable bonds is 11. The third-order valence-corrected chi connectivity index (χ3v) is 20.5. The van der Waals surface area contributed by atoms with Gasteiger partial charge in [-0.15, -0.1) is 22.7 Å². The van der Waals surface area contributed by atoms with Gasteiger partial charge < -0.3 is 20.0 Å². The Kier molecular flexibility index (Phi) is 11.6. The van der Waals surface area contributed by atoms with Crippen LogP contribution in [0.3, 0.4) is 0 Å². The molecular formula is C66H46N8O4S4. The zero-order valence-electron chi connectivity index (χ0n) is 43.6. The van der Waals surface area contributed by atoms with Gasteiger partial charge in [0.25, 0.3) is 0 Å². The van der Waals surface area contributed by atoms with Crippen LogP contribution < -0.4 is 9.80 Å². The minimum atomic E-state index is -1.15. The number of para-hydroxylation sites is 2. The summed E-state index contributed by atoms with van der Waals surface area (Å²) in [4.78, 5) is 44.0. The number of hydrogen-bond donors (Lipinski definition) is 2. The van der Waals surface area contributed by atoms with Crippen molar-refractivity contribution >= 4 is 103 Å². The summed E-state index contributed by atoms with van der Waals surface area (Å²) in [5.74, 6) is -1.25. The van der Waals surface area contributed by atoms with Crippen LogP contribution in [0.15, 0.2) is 170 Å². The summed E-state index contributed by atoms with van der Waals surface area (Å²) < 4.78 is 19.4. The molecule has 0 saturated heterocycles. The summed E-state index contributed by atoms with van der Waals surface area (Å²) in [5, 5.41) is 21.0. The Morgan fingerprint density at radius 2 is 0.805 bits per heavy atom. The third kappa shape index (κ3) is 8.02. The number of aromatic nitrogens is 6. The van der Waals surface area contributed by atoms with Crippen LogP contribution >= 0.6 is 46.1 Å². The molecule has 0 bridgehead atoms. The summed E-state index contributed by atoms with van der Waals surface area (Å²) in [5.41, 5.74) is 18.3. The van der Waals surface area contributed by atoms with Gasteiger partial charge in [0, 0.05) is 78.7 Å². The maximum Gasteiger partial charge on any atom is 0.335 e. The van der Waals surface area contributed by atoms with Crippen LogP contribution in [0, 0.1) is 0 Å². The van der Waals surface area contributed by atoms with Gasteiger partial charge in [0.15, 0.2) is 0 Å². The van der Waals surface area contributed by atoms with E-state index in [-0.39, 0.29) is 22.5 Å². The molecule has 2 saturated carbocycles. The van der Waals surface area contributed by atoms with E-state index in [9.17, 15) is 19.8 Å². The number of thiophene rings is 2. The van der Waals surface area contributed by atoms with Crippen LogP contribution in [0.4, 0.5) is 22.7 Å². The molecule has 2 fully saturated rings. The second-order valence-electron chi connectivity index (χ2n) is 21.6. The molecule has 6 aromatic carbocycles. The molecule has 16 rings (SSSR count). The lowest BCUT2D eigenvalue weighted by Crippen LogP contribution is -2.26.